The lowest BCUT2D eigenvalue weighted by atomic mass is 10.2. The first-order valence-electron chi connectivity index (χ1n) is 9.28. The fourth-order valence-electron chi connectivity index (χ4n) is 3.26. The number of halogens is 2. The summed E-state index contributed by atoms with van der Waals surface area (Å²) in [7, 11) is 0. The van der Waals surface area contributed by atoms with E-state index in [1.54, 1.807) is 28.9 Å². The van der Waals surface area contributed by atoms with Crippen LogP contribution in [0.5, 0.6) is 0 Å². The Hall–Kier alpha value is -3.85. The lowest BCUT2D eigenvalue weighted by Crippen LogP contribution is -2.21. The van der Waals surface area contributed by atoms with Gasteiger partial charge in [0.2, 0.25) is 11.7 Å². The van der Waals surface area contributed by atoms with Crippen molar-refractivity contribution >= 4 is 22.6 Å². The smallest absolute Gasteiger partial charge is 0.264 e. The van der Waals surface area contributed by atoms with E-state index in [4.69, 9.17) is 16.1 Å². The molecule has 0 amide bonds. The summed E-state index contributed by atoms with van der Waals surface area (Å²) in [5.41, 5.74) is 2.27. The van der Waals surface area contributed by atoms with Crippen molar-refractivity contribution in [3.05, 3.63) is 87.6 Å². The van der Waals surface area contributed by atoms with Gasteiger partial charge in [-0.3, -0.25) is 9.36 Å². The van der Waals surface area contributed by atoms with E-state index in [0.29, 0.717) is 21.6 Å². The van der Waals surface area contributed by atoms with Crippen molar-refractivity contribution in [2.75, 3.05) is 0 Å². The number of benzene rings is 2. The molecule has 5 aromatic rings. The van der Waals surface area contributed by atoms with Gasteiger partial charge < -0.3 is 4.52 Å². The number of hydrogen-bond donors (Lipinski definition) is 0. The third-order valence-corrected chi connectivity index (χ3v) is 5.05. The van der Waals surface area contributed by atoms with Gasteiger partial charge in [-0.05, 0) is 36.8 Å². The Labute approximate surface area is 179 Å². The highest BCUT2D eigenvalue weighted by Crippen LogP contribution is 2.22. The second kappa shape index (κ2) is 7.44. The van der Waals surface area contributed by atoms with Crippen molar-refractivity contribution < 1.29 is 8.91 Å². The molecule has 0 aliphatic carbocycles. The first kappa shape index (κ1) is 19.1. The molecule has 154 valence electrons. The summed E-state index contributed by atoms with van der Waals surface area (Å²) in [5.74, 6) is 0.0306. The van der Waals surface area contributed by atoms with Crippen molar-refractivity contribution in [1.82, 2.24) is 29.5 Å². The summed E-state index contributed by atoms with van der Waals surface area (Å²) in [6.45, 7) is 1.94. The van der Waals surface area contributed by atoms with Crippen molar-refractivity contribution in [1.29, 1.82) is 0 Å². The Morgan fingerprint density at radius 2 is 2.06 bits per heavy atom. The zero-order valence-corrected chi connectivity index (χ0v) is 16.9. The summed E-state index contributed by atoms with van der Waals surface area (Å²) >= 11 is 6.12. The average molecular weight is 437 g/mol. The zero-order valence-electron chi connectivity index (χ0n) is 16.2. The van der Waals surface area contributed by atoms with Gasteiger partial charge in [0, 0.05) is 10.6 Å². The molecule has 2 aromatic carbocycles. The molecule has 0 saturated heterocycles. The number of aryl methyl sites for hydroxylation is 1. The molecule has 0 aliphatic rings. The third-order valence-electron chi connectivity index (χ3n) is 4.81. The highest BCUT2D eigenvalue weighted by Gasteiger charge is 2.15. The molecule has 31 heavy (non-hydrogen) atoms. The van der Waals surface area contributed by atoms with E-state index in [-0.39, 0.29) is 23.8 Å². The van der Waals surface area contributed by atoms with Gasteiger partial charge in [-0.1, -0.05) is 35.0 Å². The van der Waals surface area contributed by atoms with Crippen LogP contribution in [0.15, 0.2) is 64.3 Å². The van der Waals surface area contributed by atoms with Crippen LogP contribution in [-0.2, 0) is 6.54 Å². The van der Waals surface area contributed by atoms with Crippen molar-refractivity contribution in [2.24, 2.45) is 0 Å². The highest BCUT2D eigenvalue weighted by molar-refractivity contribution is 6.30. The number of aromatic nitrogens is 6. The van der Waals surface area contributed by atoms with Crippen LogP contribution in [0.25, 0.3) is 28.1 Å². The number of nitrogens with zero attached hydrogens (tertiary/aromatic N) is 6. The van der Waals surface area contributed by atoms with E-state index >= 15 is 0 Å². The van der Waals surface area contributed by atoms with Gasteiger partial charge in [0.05, 0.1) is 11.9 Å². The van der Waals surface area contributed by atoms with Crippen LogP contribution in [0.4, 0.5) is 4.39 Å². The van der Waals surface area contributed by atoms with Gasteiger partial charge in [-0.15, -0.1) is 0 Å². The first-order chi connectivity index (χ1) is 15.0. The van der Waals surface area contributed by atoms with Gasteiger partial charge in [-0.25, -0.2) is 14.1 Å². The minimum Gasteiger partial charge on any atom is -0.337 e. The van der Waals surface area contributed by atoms with Crippen LogP contribution in [0.3, 0.4) is 0 Å². The molecule has 5 rings (SSSR count). The van der Waals surface area contributed by atoms with Crippen molar-refractivity contribution in [3.63, 3.8) is 0 Å². The molecule has 0 N–H and O–H groups in total. The van der Waals surface area contributed by atoms with Crippen molar-refractivity contribution in [2.45, 2.75) is 13.5 Å². The Balaban J connectivity index is 1.49. The molecule has 0 atom stereocenters. The fourth-order valence-corrected chi connectivity index (χ4v) is 3.42. The maximum Gasteiger partial charge on any atom is 0.264 e. The standard InChI is InChI=1S/C21H14ClFN6O2/c1-12-5-6-14(22)8-17(12)29-20-16(9-25-29)21(30)28(11-24-20)10-18-26-19(27-31-18)13-3-2-4-15(23)7-13/h2-9,11H,10H2,1H3. The van der Waals surface area contributed by atoms with Crippen LogP contribution >= 0.6 is 11.6 Å². The molecule has 0 bridgehead atoms. The Kier molecular flexibility index (Phi) is 4.59. The largest absolute Gasteiger partial charge is 0.337 e. The first-order valence-corrected chi connectivity index (χ1v) is 9.65. The monoisotopic (exact) mass is 436 g/mol. The molecule has 0 aliphatic heterocycles. The summed E-state index contributed by atoms with van der Waals surface area (Å²) in [5, 5.41) is 9.08. The second-order valence-corrected chi connectivity index (χ2v) is 7.36. The lowest BCUT2D eigenvalue weighted by molar-refractivity contribution is 0.369. The second-order valence-electron chi connectivity index (χ2n) is 6.92. The molecule has 0 unspecified atom stereocenters. The van der Waals surface area contributed by atoms with Crippen LogP contribution in [0, 0.1) is 12.7 Å². The van der Waals surface area contributed by atoms with Crippen molar-refractivity contribution in [3.8, 4) is 17.1 Å². The Bertz CT molecular complexity index is 1490. The molecule has 8 nitrogen and oxygen atoms in total. The fraction of sp³-hybridized carbons (Fsp3) is 0.0952. The number of hydrogen-bond acceptors (Lipinski definition) is 6. The third kappa shape index (κ3) is 3.49. The Morgan fingerprint density at radius 1 is 1.19 bits per heavy atom. The summed E-state index contributed by atoms with van der Waals surface area (Å²) in [6, 6.07) is 11.3. The van der Waals surface area contributed by atoms with Gasteiger partial charge in [-0.2, -0.15) is 10.1 Å². The summed E-state index contributed by atoms with van der Waals surface area (Å²) < 4.78 is 21.6. The Morgan fingerprint density at radius 3 is 2.90 bits per heavy atom. The molecule has 3 aromatic heterocycles. The SMILES string of the molecule is Cc1ccc(Cl)cc1-n1ncc2c(=O)n(Cc3nc(-c4cccc(F)c4)no3)cnc21. The maximum absolute atomic E-state index is 13.4. The number of fused-ring (bicyclic) bond motifs is 1. The highest BCUT2D eigenvalue weighted by atomic mass is 35.5. The molecular weight excluding hydrogens is 423 g/mol. The van der Waals surface area contributed by atoms with Gasteiger partial charge in [0.1, 0.15) is 24.1 Å². The zero-order chi connectivity index (χ0) is 21.5. The van der Waals surface area contributed by atoms with Gasteiger partial charge in [0.15, 0.2) is 5.65 Å². The van der Waals surface area contributed by atoms with E-state index in [0.717, 1.165) is 11.3 Å². The topological polar surface area (TPSA) is 91.6 Å². The van der Waals surface area contributed by atoms with Gasteiger partial charge >= 0.3 is 0 Å². The minimum atomic E-state index is -0.401. The molecule has 3 heterocycles. The molecular formula is C21H14ClFN6O2. The van der Waals surface area contributed by atoms with E-state index in [1.807, 2.05) is 13.0 Å². The van der Waals surface area contributed by atoms with E-state index in [9.17, 15) is 9.18 Å². The summed E-state index contributed by atoms with van der Waals surface area (Å²) in [4.78, 5) is 21.6. The molecule has 0 radical (unpaired) electrons. The van der Waals surface area contributed by atoms with Crippen LogP contribution in [0.1, 0.15) is 11.5 Å². The van der Waals surface area contributed by atoms with E-state index < -0.39 is 5.82 Å². The quantitative estimate of drug-likeness (QED) is 0.425. The minimum absolute atomic E-state index is 0.0193. The predicted octanol–water partition coefficient (Wildman–Crippen LogP) is 3.78. The number of rotatable bonds is 4. The molecule has 10 heteroatoms. The molecule has 0 spiro atoms. The molecule has 0 fully saturated rings. The van der Waals surface area contributed by atoms with Gasteiger partial charge in [0.25, 0.3) is 5.56 Å². The van der Waals surface area contributed by atoms with E-state index in [2.05, 4.69) is 20.2 Å². The normalized spacial score (nSPS) is 11.3. The predicted molar refractivity (Wildman–Crippen MR) is 112 cm³/mol. The van der Waals surface area contributed by atoms with Crippen LogP contribution < -0.4 is 5.56 Å². The lowest BCUT2D eigenvalue weighted by Gasteiger charge is -2.08. The maximum atomic E-state index is 13.4. The average Bonchev–Trinajstić information content (AvgIpc) is 3.39. The summed E-state index contributed by atoms with van der Waals surface area (Å²) in [6.07, 6.45) is 2.86. The van der Waals surface area contributed by atoms with Crippen LogP contribution in [-0.4, -0.2) is 29.5 Å². The van der Waals surface area contributed by atoms with Crippen LogP contribution in [0.2, 0.25) is 5.02 Å². The van der Waals surface area contributed by atoms with E-state index in [1.165, 1.54) is 29.2 Å². The molecule has 0 saturated carbocycles.